The third-order valence-corrected chi connectivity index (χ3v) is 3.63. The maximum atomic E-state index is 11.9. The molecule has 2 aliphatic rings. The first kappa shape index (κ1) is 11.9. The summed E-state index contributed by atoms with van der Waals surface area (Å²) in [6.45, 7) is 3.78. The molecule has 2 rings (SSSR count). The zero-order valence-corrected chi connectivity index (χ0v) is 9.73. The summed E-state index contributed by atoms with van der Waals surface area (Å²) in [7, 11) is 0. The highest BCUT2D eigenvalue weighted by atomic mass is 16.5. The minimum atomic E-state index is -0.968. The Hall–Kier alpha value is -1.59. The Morgan fingerprint density at radius 2 is 2.06 bits per heavy atom. The van der Waals surface area contributed by atoms with E-state index in [1.165, 1.54) is 0 Å². The van der Waals surface area contributed by atoms with E-state index < -0.39 is 35.2 Å². The molecule has 0 aromatic carbocycles. The lowest BCUT2D eigenvalue weighted by molar-refractivity contribution is -0.142. The molecule has 0 aromatic rings. The van der Waals surface area contributed by atoms with E-state index in [-0.39, 0.29) is 5.91 Å². The van der Waals surface area contributed by atoms with Crippen LogP contribution >= 0.6 is 0 Å². The first-order chi connectivity index (χ1) is 7.85. The van der Waals surface area contributed by atoms with Crippen molar-refractivity contribution in [2.24, 2.45) is 17.3 Å². The molecule has 3 atom stereocenters. The summed E-state index contributed by atoms with van der Waals surface area (Å²) in [6, 6.07) is -0.617. The van der Waals surface area contributed by atoms with Crippen molar-refractivity contribution in [3.05, 3.63) is 0 Å². The summed E-state index contributed by atoms with van der Waals surface area (Å²) >= 11 is 0. The standard InChI is InChI=1S/C11H15NO5/c1-11(2)6(7(11)9(14)15)8(13)12-5-3-4-17-10(5)16/h5-7H,3-4H2,1-2H3,(H,12,13)(H,14,15)/t5?,6-,7+/m1/s1. The van der Waals surface area contributed by atoms with Gasteiger partial charge in [-0.15, -0.1) is 0 Å². The lowest BCUT2D eigenvalue weighted by Crippen LogP contribution is -2.39. The van der Waals surface area contributed by atoms with Crippen molar-refractivity contribution in [1.82, 2.24) is 5.32 Å². The third-order valence-electron chi connectivity index (χ3n) is 3.63. The van der Waals surface area contributed by atoms with Gasteiger partial charge in [0.1, 0.15) is 6.04 Å². The number of hydrogen-bond acceptors (Lipinski definition) is 4. The minimum absolute atomic E-state index is 0.306. The van der Waals surface area contributed by atoms with Crippen LogP contribution < -0.4 is 5.32 Å². The number of carboxylic acid groups (broad SMARTS) is 1. The van der Waals surface area contributed by atoms with Gasteiger partial charge in [0.2, 0.25) is 5.91 Å². The summed E-state index contributed by atoms with van der Waals surface area (Å²) < 4.78 is 4.72. The van der Waals surface area contributed by atoms with Gasteiger partial charge in [0.25, 0.3) is 0 Å². The highest BCUT2D eigenvalue weighted by Gasteiger charge is 2.66. The molecule has 0 bridgehead atoms. The summed E-state index contributed by atoms with van der Waals surface area (Å²) in [5.41, 5.74) is -0.543. The van der Waals surface area contributed by atoms with Gasteiger partial charge in [0.15, 0.2) is 0 Å². The lowest BCUT2D eigenvalue weighted by atomic mass is 10.1. The molecule has 1 heterocycles. The highest BCUT2D eigenvalue weighted by molar-refractivity contribution is 5.94. The number of aliphatic carboxylic acids is 1. The van der Waals surface area contributed by atoms with Crippen LogP contribution in [0.4, 0.5) is 0 Å². The van der Waals surface area contributed by atoms with Gasteiger partial charge >= 0.3 is 11.9 Å². The number of nitrogens with one attached hydrogen (secondary N) is 1. The fourth-order valence-electron chi connectivity index (χ4n) is 2.48. The Morgan fingerprint density at radius 3 is 2.47 bits per heavy atom. The van der Waals surface area contributed by atoms with Crippen molar-refractivity contribution < 1.29 is 24.2 Å². The van der Waals surface area contributed by atoms with E-state index in [2.05, 4.69) is 5.32 Å². The molecule has 6 nitrogen and oxygen atoms in total. The zero-order chi connectivity index (χ0) is 12.8. The number of carboxylic acids is 1. The molecule has 1 unspecified atom stereocenters. The smallest absolute Gasteiger partial charge is 0.328 e. The van der Waals surface area contributed by atoms with Crippen LogP contribution in [0.25, 0.3) is 0 Å². The summed E-state index contributed by atoms with van der Waals surface area (Å²) in [6.07, 6.45) is 0.454. The van der Waals surface area contributed by atoms with Crippen molar-refractivity contribution in [3.63, 3.8) is 0 Å². The van der Waals surface area contributed by atoms with Crippen LogP contribution in [0, 0.1) is 17.3 Å². The van der Waals surface area contributed by atoms with Crippen molar-refractivity contribution in [1.29, 1.82) is 0 Å². The molecule has 2 fully saturated rings. The molecular weight excluding hydrogens is 226 g/mol. The number of ether oxygens (including phenoxy) is 1. The Morgan fingerprint density at radius 1 is 1.41 bits per heavy atom. The number of rotatable bonds is 3. The van der Waals surface area contributed by atoms with E-state index >= 15 is 0 Å². The van der Waals surface area contributed by atoms with Crippen LogP contribution in [0.3, 0.4) is 0 Å². The van der Waals surface area contributed by atoms with Gasteiger partial charge in [-0.2, -0.15) is 0 Å². The van der Waals surface area contributed by atoms with Gasteiger partial charge in [-0.05, 0) is 5.41 Å². The van der Waals surface area contributed by atoms with Crippen molar-refractivity contribution >= 4 is 17.8 Å². The van der Waals surface area contributed by atoms with Crippen molar-refractivity contribution in [2.75, 3.05) is 6.61 Å². The number of amides is 1. The molecule has 0 spiro atoms. The van der Waals surface area contributed by atoms with Crippen molar-refractivity contribution in [3.8, 4) is 0 Å². The highest BCUT2D eigenvalue weighted by Crippen LogP contribution is 2.58. The van der Waals surface area contributed by atoms with Crippen LogP contribution in [-0.4, -0.2) is 35.6 Å². The van der Waals surface area contributed by atoms with Gasteiger partial charge in [-0.3, -0.25) is 9.59 Å². The number of hydrogen-bond donors (Lipinski definition) is 2. The van der Waals surface area contributed by atoms with E-state index in [4.69, 9.17) is 9.84 Å². The van der Waals surface area contributed by atoms with Crippen LogP contribution in [0.5, 0.6) is 0 Å². The Bertz CT molecular complexity index is 389. The molecular formula is C11H15NO5. The second kappa shape index (κ2) is 3.72. The lowest BCUT2D eigenvalue weighted by Gasteiger charge is -2.09. The fraction of sp³-hybridized carbons (Fsp3) is 0.727. The average Bonchev–Trinajstić information content (AvgIpc) is 2.58. The molecule has 94 valence electrons. The van der Waals surface area contributed by atoms with Gasteiger partial charge < -0.3 is 15.2 Å². The van der Waals surface area contributed by atoms with E-state index in [1.807, 2.05) is 0 Å². The second-order valence-electron chi connectivity index (χ2n) is 5.13. The first-order valence-corrected chi connectivity index (χ1v) is 5.55. The van der Waals surface area contributed by atoms with E-state index in [9.17, 15) is 14.4 Å². The fourth-order valence-corrected chi connectivity index (χ4v) is 2.48. The Labute approximate surface area is 98.3 Å². The van der Waals surface area contributed by atoms with Crippen LogP contribution in [0.15, 0.2) is 0 Å². The quantitative estimate of drug-likeness (QED) is 0.666. The number of cyclic esters (lactones) is 1. The maximum Gasteiger partial charge on any atom is 0.328 e. The van der Waals surface area contributed by atoms with E-state index in [1.54, 1.807) is 13.8 Å². The van der Waals surface area contributed by atoms with E-state index in [0.717, 1.165) is 0 Å². The van der Waals surface area contributed by atoms with Gasteiger partial charge in [0.05, 0.1) is 18.4 Å². The summed E-state index contributed by atoms with van der Waals surface area (Å²) in [4.78, 5) is 34.0. The maximum absolute atomic E-state index is 11.9. The Kier molecular flexibility index (Phi) is 2.60. The van der Waals surface area contributed by atoms with E-state index in [0.29, 0.717) is 13.0 Å². The molecule has 1 aliphatic carbocycles. The van der Waals surface area contributed by atoms with Crippen LogP contribution in [0.1, 0.15) is 20.3 Å². The number of esters is 1. The third kappa shape index (κ3) is 1.87. The first-order valence-electron chi connectivity index (χ1n) is 5.55. The predicted molar refractivity (Wildman–Crippen MR) is 55.9 cm³/mol. The molecule has 1 amide bonds. The molecule has 6 heteroatoms. The van der Waals surface area contributed by atoms with Crippen LogP contribution in [-0.2, 0) is 19.1 Å². The normalized spacial score (nSPS) is 34.0. The summed E-state index contributed by atoms with van der Waals surface area (Å²) in [5.74, 6) is -3.01. The average molecular weight is 241 g/mol. The predicted octanol–water partition coefficient (Wildman–Crippen LogP) is -0.225. The zero-order valence-electron chi connectivity index (χ0n) is 9.73. The Balaban J connectivity index is 1.98. The monoisotopic (exact) mass is 241 g/mol. The van der Waals surface area contributed by atoms with Gasteiger partial charge in [-0.1, -0.05) is 13.8 Å². The van der Waals surface area contributed by atoms with Gasteiger partial charge in [0, 0.05) is 6.42 Å². The second-order valence-corrected chi connectivity index (χ2v) is 5.13. The number of carbonyl (C=O) groups excluding carboxylic acids is 2. The molecule has 1 saturated carbocycles. The van der Waals surface area contributed by atoms with Gasteiger partial charge in [-0.25, -0.2) is 4.79 Å². The molecule has 1 saturated heterocycles. The molecule has 17 heavy (non-hydrogen) atoms. The molecule has 1 aliphatic heterocycles. The SMILES string of the molecule is CC1(C)[C@H](C(=O)O)[C@@H]1C(=O)NC1CCOC1=O. The largest absolute Gasteiger partial charge is 0.481 e. The van der Waals surface area contributed by atoms with Crippen LogP contribution in [0.2, 0.25) is 0 Å². The number of carbonyl (C=O) groups is 3. The topological polar surface area (TPSA) is 92.7 Å². The minimum Gasteiger partial charge on any atom is -0.481 e. The van der Waals surface area contributed by atoms with Crippen molar-refractivity contribution in [2.45, 2.75) is 26.3 Å². The molecule has 2 N–H and O–H groups in total. The summed E-state index contributed by atoms with van der Waals surface area (Å²) in [5, 5.41) is 11.5. The molecule has 0 aromatic heterocycles. The molecule has 0 radical (unpaired) electrons.